The monoisotopic (exact) mass is 741 g/mol. The number of hydrogen-bond donors (Lipinski definition) is 0. The molecule has 2 heteroatoms. The zero-order valence-electron chi connectivity index (χ0n) is 31.9. The van der Waals surface area contributed by atoms with Gasteiger partial charge in [-0.2, -0.15) is 0 Å². The fourth-order valence-corrected chi connectivity index (χ4v) is 8.10. The summed E-state index contributed by atoms with van der Waals surface area (Å²) < 4.78 is 6.70. The van der Waals surface area contributed by atoms with Gasteiger partial charge in [0.15, 0.2) is 0 Å². The molecule has 0 saturated carbocycles. The van der Waals surface area contributed by atoms with E-state index in [1.54, 1.807) is 0 Å². The summed E-state index contributed by atoms with van der Waals surface area (Å²) in [7, 11) is 0. The minimum Gasteiger partial charge on any atom is -0.455 e. The summed E-state index contributed by atoms with van der Waals surface area (Å²) in [4.78, 5) is 2.37. The molecule has 0 saturated heterocycles. The first-order valence-corrected chi connectivity index (χ1v) is 19.8. The second-order valence-electron chi connectivity index (χ2n) is 14.5. The molecule has 1 aromatic heterocycles. The molecule has 0 N–H and O–H groups in total. The summed E-state index contributed by atoms with van der Waals surface area (Å²) >= 11 is 0. The smallest absolute Gasteiger partial charge is 0.143 e. The Morgan fingerprint density at radius 1 is 0.276 bits per heavy atom. The molecule has 1 heterocycles. The van der Waals surface area contributed by atoms with E-state index in [1.165, 1.54) is 22.3 Å². The number of anilines is 3. The fraction of sp³-hybridized carbons (Fsp3) is 0. The number of nitrogens with zero attached hydrogens (tertiary/aromatic N) is 1. The number of rotatable bonds is 9. The first-order valence-electron chi connectivity index (χ1n) is 19.8. The van der Waals surface area contributed by atoms with Gasteiger partial charge in [0.1, 0.15) is 11.3 Å². The van der Waals surface area contributed by atoms with Crippen molar-refractivity contribution in [3.63, 3.8) is 0 Å². The van der Waals surface area contributed by atoms with Crippen molar-refractivity contribution in [1.82, 2.24) is 0 Å². The molecule has 9 aromatic carbocycles. The van der Waals surface area contributed by atoms with Crippen LogP contribution in [0.4, 0.5) is 17.1 Å². The van der Waals surface area contributed by atoms with Crippen LogP contribution in [0.2, 0.25) is 0 Å². The maximum absolute atomic E-state index is 6.70. The Bertz CT molecular complexity index is 2950. The third kappa shape index (κ3) is 6.67. The minimum absolute atomic E-state index is 0.874. The minimum atomic E-state index is 0.874. The van der Waals surface area contributed by atoms with Crippen LogP contribution in [-0.4, -0.2) is 0 Å². The van der Waals surface area contributed by atoms with Crippen LogP contribution in [0.5, 0.6) is 0 Å². The molecule has 274 valence electrons. The van der Waals surface area contributed by atoms with E-state index in [4.69, 9.17) is 4.42 Å². The van der Waals surface area contributed by atoms with Crippen molar-refractivity contribution in [3.8, 4) is 67.0 Å². The van der Waals surface area contributed by atoms with Crippen molar-refractivity contribution >= 4 is 28.0 Å². The molecule has 0 fully saturated rings. The van der Waals surface area contributed by atoms with Gasteiger partial charge >= 0.3 is 0 Å². The van der Waals surface area contributed by atoms with Crippen molar-refractivity contribution in [3.05, 3.63) is 237 Å². The molecular weight excluding hydrogens is 703 g/mol. The van der Waals surface area contributed by atoms with Crippen LogP contribution in [-0.2, 0) is 0 Å². The predicted molar refractivity (Wildman–Crippen MR) is 244 cm³/mol. The van der Waals surface area contributed by atoms with Crippen LogP contribution in [0.1, 0.15) is 0 Å². The standard InChI is InChI=1S/C56H39NO/c1-4-16-40(17-5-1)42-28-30-45(31-29-42)50-23-12-14-26-53(50)57(47-36-32-43(33-37-47)41-18-6-2-7-19-41)48-38-34-44(35-39-48)49-22-10-11-24-51(49)56-55(46-20-8-3-9-21-46)52-25-13-15-27-54(52)58-56/h1-39H. The number of fused-ring (bicyclic) bond motifs is 1. The highest BCUT2D eigenvalue weighted by Gasteiger charge is 2.21. The summed E-state index contributed by atoms with van der Waals surface area (Å²) in [5.41, 5.74) is 16.8. The number of para-hydroxylation sites is 2. The maximum Gasteiger partial charge on any atom is 0.143 e. The second-order valence-corrected chi connectivity index (χ2v) is 14.5. The second kappa shape index (κ2) is 15.5. The average molecular weight is 742 g/mol. The highest BCUT2D eigenvalue weighted by atomic mass is 16.3. The van der Waals surface area contributed by atoms with E-state index in [-0.39, 0.29) is 0 Å². The SMILES string of the molecule is c1ccc(-c2ccc(-c3ccccc3N(c3ccc(-c4ccccc4)cc3)c3ccc(-c4ccccc4-c4oc5ccccc5c4-c4ccccc4)cc3)cc2)cc1. The lowest BCUT2D eigenvalue weighted by molar-refractivity contribution is 0.632. The van der Waals surface area contributed by atoms with Crippen molar-refractivity contribution in [1.29, 1.82) is 0 Å². The van der Waals surface area contributed by atoms with E-state index in [0.29, 0.717) is 0 Å². The van der Waals surface area contributed by atoms with E-state index >= 15 is 0 Å². The van der Waals surface area contributed by atoms with Crippen LogP contribution < -0.4 is 4.90 Å². The van der Waals surface area contributed by atoms with E-state index in [9.17, 15) is 0 Å². The average Bonchev–Trinajstić information content (AvgIpc) is 3.70. The topological polar surface area (TPSA) is 16.4 Å². The maximum atomic E-state index is 6.70. The normalized spacial score (nSPS) is 11.1. The van der Waals surface area contributed by atoms with Gasteiger partial charge in [-0.15, -0.1) is 0 Å². The molecule has 58 heavy (non-hydrogen) atoms. The number of benzene rings is 9. The van der Waals surface area contributed by atoms with Gasteiger partial charge in [-0.1, -0.05) is 200 Å². The molecule has 10 aromatic rings. The Morgan fingerprint density at radius 3 is 1.28 bits per heavy atom. The summed E-state index contributed by atoms with van der Waals surface area (Å²) in [6, 6.07) is 84.0. The van der Waals surface area contributed by atoms with Gasteiger partial charge in [0.05, 0.1) is 5.69 Å². The van der Waals surface area contributed by atoms with Crippen LogP contribution in [0, 0.1) is 0 Å². The van der Waals surface area contributed by atoms with Gasteiger partial charge < -0.3 is 9.32 Å². The first kappa shape index (κ1) is 34.8. The zero-order valence-corrected chi connectivity index (χ0v) is 31.9. The van der Waals surface area contributed by atoms with Crippen molar-refractivity contribution < 1.29 is 4.42 Å². The van der Waals surface area contributed by atoms with Gasteiger partial charge in [-0.05, 0) is 80.9 Å². The van der Waals surface area contributed by atoms with Gasteiger partial charge in [0, 0.05) is 33.5 Å². The van der Waals surface area contributed by atoms with Crippen LogP contribution in [0.3, 0.4) is 0 Å². The molecule has 0 bridgehead atoms. The summed E-state index contributed by atoms with van der Waals surface area (Å²) in [6.07, 6.45) is 0. The Hall–Kier alpha value is -7.68. The van der Waals surface area contributed by atoms with E-state index in [1.807, 2.05) is 6.07 Å². The number of furan rings is 1. The molecule has 2 nitrogen and oxygen atoms in total. The third-order valence-electron chi connectivity index (χ3n) is 10.9. The predicted octanol–water partition coefficient (Wildman–Crippen LogP) is 15.9. The fourth-order valence-electron chi connectivity index (χ4n) is 8.10. The molecular formula is C56H39NO. The van der Waals surface area contributed by atoms with E-state index in [2.05, 4.69) is 235 Å². The van der Waals surface area contributed by atoms with Crippen LogP contribution >= 0.6 is 0 Å². The Balaban J connectivity index is 1.07. The van der Waals surface area contributed by atoms with Crippen molar-refractivity contribution in [2.75, 3.05) is 4.90 Å². The molecule has 0 aliphatic carbocycles. The van der Waals surface area contributed by atoms with Gasteiger partial charge in [0.25, 0.3) is 0 Å². The first-order chi connectivity index (χ1) is 28.8. The quantitative estimate of drug-likeness (QED) is 0.146. The highest BCUT2D eigenvalue weighted by molar-refractivity contribution is 6.04. The lowest BCUT2D eigenvalue weighted by atomic mass is 9.93. The van der Waals surface area contributed by atoms with Crippen LogP contribution in [0.25, 0.3) is 77.9 Å². The lowest BCUT2D eigenvalue weighted by Crippen LogP contribution is -2.11. The van der Waals surface area contributed by atoms with Crippen molar-refractivity contribution in [2.24, 2.45) is 0 Å². The Morgan fingerprint density at radius 2 is 0.672 bits per heavy atom. The molecule has 0 aliphatic rings. The van der Waals surface area contributed by atoms with Crippen LogP contribution in [0.15, 0.2) is 241 Å². The molecule has 10 rings (SSSR count). The largest absolute Gasteiger partial charge is 0.455 e. The summed E-state index contributed by atoms with van der Waals surface area (Å²) in [5.74, 6) is 0.874. The van der Waals surface area contributed by atoms with Gasteiger partial charge in [-0.3, -0.25) is 0 Å². The Labute approximate surface area is 339 Å². The molecule has 0 amide bonds. The lowest BCUT2D eigenvalue weighted by Gasteiger charge is -2.28. The third-order valence-corrected chi connectivity index (χ3v) is 10.9. The molecule has 0 radical (unpaired) electrons. The van der Waals surface area contributed by atoms with Crippen molar-refractivity contribution in [2.45, 2.75) is 0 Å². The highest BCUT2D eigenvalue weighted by Crippen LogP contribution is 2.46. The van der Waals surface area contributed by atoms with Gasteiger partial charge in [0.2, 0.25) is 0 Å². The molecule has 0 atom stereocenters. The van der Waals surface area contributed by atoms with E-state index in [0.717, 1.165) is 72.7 Å². The number of hydrogen-bond acceptors (Lipinski definition) is 2. The Kier molecular flexibility index (Phi) is 9.27. The summed E-state index contributed by atoms with van der Waals surface area (Å²) in [6.45, 7) is 0. The van der Waals surface area contributed by atoms with Gasteiger partial charge in [-0.25, -0.2) is 0 Å². The van der Waals surface area contributed by atoms with E-state index < -0.39 is 0 Å². The zero-order chi connectivity index (χ0) is 38.7. The summed E-state index contributed by atoms with van der Waals surface area (Å²) in [5, 5.41) is 1.11. The molecule has 0 spiro atoms. The molecule has 0 unspecified atom stereocenters. The molecule has 0 aliphatic heterocycles.